The van der Waals surface area contributed by atoms with Gasteiger partial charge in [-0.25, -0.2) is 4.79 Å². The van der Waals surface area contributed by atoms with Crippen LogP contribution >= 0.6 is 15.9 Å². The fourth-order valence-corrected chi connectivity index (χ4v) is 3.13. The number of hydrogen-bond acceptors (Lipinski definition) is 3. The first-order valence-electron chi connectivity index (χ1n) is 6.95. The summed E-state index contributed by atoms with van der Waals surface area (Å²) in [5, 5.41) is 12.3. The topological polar surface area (TPSA) is 92.4 Å². The van der Waals surface area contributed by atoms with E-state index in [4.69, 9.17) is 5.73 Å². The maximum atomic E-state index is 12.3. The molecule has 6 heteroatoms. The smallest absolute Gasteiger partial charge is 0.329 e. The van der Waals surface area contributed by atoms with Gasteiger partial charge in [-0.3, -0.25) is 4.79 Å². The monoisotopic (exact) mass is 354 g/mol. The lowest BCUT2D eigenvalue weighted by Gasteiger charge is -2.37. The minimum absolute atomic E-state index is 0.283. The molecule has 1 aliphatic rings. The van der Waals surface area contributed by atoms with E-state index in [-0.39, 0.29) is 5.92 Å². The fourth-order valence-electron chi connectivity index (χ4n) is 2.89. The van der Waals surface area contributed by atoms with Gasteiger partial charge in [0, 0.05) is 15.7 Å². The van der Waals surface area contributed by atoms with Gasteiger partial charge in [0.2, 0.25) is 0 Å². The molecule has 0 aliphatic heterocycles. The lowest BCUT2D eigenvalue weighted by molar-refractivity contribution is -0.146. The number of nitrogens with two attached hydrogens (primary N) is 1. The highest BCUT2D eigenvalue weighted by molar-refractivity contribution is 9.10. The van der Waals surface area contributed by atoms with Crippen molar-refractivity contribution in [2.24, 2.45) is 5.92 Å². The third-order valence-electron chi connectivity index (χ3n) is 4.02. The number of carboxylic acids is 1. The van der Waals surface area contributed by atoms with Gasteiger partial charge in [0.1, 0.15) is 5.54 Å². The molecule has 0 bridgehead atoms. The van der Waals surface area contributed by atoms with Crippen LogP contribution in [0.25, 0.3) is 0 Å². The fraction of sp³-hybridized carbons (Fsp3) is 0.467. The maximum absolute atomic E-state index is 12.3. The number of halogens is 1. The summed E-state index contributed by atoms with van der Waals surface area (Å²) in [6.07, 6.45) is 2.72. The Morgan fingerprint density at radius 2 is 2.19 bits per heavy atom. The van der Waals surface area contributed by atoms with Crippen molar-refractivity contribution in [1.82, 2.24) is 5.32 Å². The number of hydrogen-bond donors (Lipinski definition) is 3. The zero-order valence-electron chi connectivity index (χ0n) is 11.9. The summed E-state index contributed by atoms with van der Waals surface area (Å²) in [5.41, 5.74) is 5.41. The van der Waals surface area contributed by atoms with Crippen LogP contribution in [-0.2, 0) is 4.79 Å². The number of nitrogen functional groups attached to an aromatic ring is 1. The highest BCUT2D eigenvalue weighted by atomic mass is 79.9. The van der Waals surface area contributed by atoms with Gasteiger partial charge in [-0.1, -0.05) is 19.8 Å². The Balaban J connectivity index is 2.22. The summed E-state index contributed by atoms with van der Waals surface area (Å²) in [5.74, 6) is -1.08. The molecule has 21 heavy (non-hydrogen) atoms. The minimum Gasteiger partial charge on any atom is -0.480 e. The molecule has 114 valence electrons. The van der Waals surface area contributed by atoms with E-state index in [2.05, 4.69) is 21.2 Å². The SMILES string of the molecule is CC1CCCC(NC(=O)c2ccc(Br)c(N)c2)(C(=O)O)C1. The van der Waals surface area contributed by atoms with Crippen LogP contribution < -0.4 is 11.1 Å². The van der Waals surface area contributed by atoms with E-state index in [1.54, 1.807) is 18.2 Å². The van der Waals surface area contributed by atoms with Crippen molar-refractivity contribution in [2.75, 3.05) is 5.73 Å². The lowest BCUT2D eigenvalue weighted by atomic mass is 9.76. The second kappa shape index (κ2) is 6.05. The van der Waals surface area contributed by atoms with Gasteiger partial charge in [0.05, 0.1) is 0 Å². The molecular weight excluding hydrogens is 336 g/mol. The van der Waals surface area contributed by atoms with Crippen LogP contribution in [-0.4, -0.2) is 22.5 Å². The number of amides is 1. The predicted molar refractivity (Wildman–Crippen MR) is 84.0 cm³/mol. The van der Waals surface area contributed by atoms with Crippen LogP contribution in [0, 0.1) is 5.92 Å². The molecular formula is C15H19BrN2O3. The van der Waals surface area contributed by atoms with Gasteiger partial charge >= 0.3 is 5.97 Å². The van der Waals surface area contributed by atoms with Crippen molar-refractivity contribution >= 4 is 33.5 Å². The summed E-state index contributed by atoms with van der Waals surface area (Å²) in [6, 6.07) is 4.85. The number of nitrogens with one attached hydrogen (secondary N) is 1. The Morgan fingerprint density at radius 3 is 2.76 bits per heavy atom. The first-order valence-corrected chi connectivity index (χ1v) is 7.74. The van der Waals surface area contributed by atoms with Crippen LogP contribution in [0.15, 0.2) is 22.7 Å². The van der Waals surface area contributed by atoms with Gasteiger partial charge < -0.3 is 16.2 Å². The molecule has 4 N–H and O–H groups in total. The van der Waals surface area contributed by atoms with E-state index < -0.39 is 17.4 Å². The van der Waals surface area contributed by atoms with E-state index in [1.807, 2.05) is 6.92 Å². The van der Waals surface area contributed by atoms with E-state index in [9.17, 15) is 14.7 Å². The number of anilines is 1. The Bertz CT molecular complexity index is 576. The number of carboxylic acid groups (broad SMARTS) is 1. The largest absolute Gasteiger partial charge is 0.480 e. The summed E-state index contributed by atoms with van der Waals surface area (Å²) in [6.45, 7) is 2.01. The van der Waals surface area contributed by atoms with Crippen molar-refractivity contribution < 1.29 is 14.7 Å². The molecule has 1 saturated carbocycles. The van der Waals surface area contributed by atoms with Crippen molar-refractivity contribution in [2.45, 2.75) is 38.1 Å². The molecule has 1 aromatic carbocycles. The standard InChI is InChI=1S/C15H19BrN2O3/c1-9-3-2-6-15(8-9,14(20)21)18-13(19)10-4-5-11(16)12(17)7-10/h4-5,7,9H,2-3,6,8,17H2,1H3,(H,18,19)(H,20,21). The zero-order valence-corrected chi connectivity index (χ0v) is 13.4. The molecule has 0 radical (unpaired) electrons. The summed E-state index contributed by atoms with van der Waals surface area (Å²) >= 11 is 3.27. The highest BCUT2D eigenvalue weighted by Crippen LogP contribution is 2.33. The van der Waals surface area contributed by atoms with Crippen LogP contribution in [0.1, 0.15) is 43.0 Å². The molecule has 1 aliphatic carbocycles. The first-order chi connectivity index (χ1) is 9.84. The van der Waals surface area contributed by atoms with E-state index in [0.29, 0.717) is 28.6 Å². The third kappa shape index (κ3) is 3.37. The molecule has 2 atom stereocenters. The summed E-state index contributed by atoms with van der Waals surface area (Å²) in [7, 11) is 0. The van der Waals surface area contributed by atoms with Crippen LogP contribution in [0.3, 0.4) is 0 Å². The first kappa shape index (κ1) is 15.8. The van der Waals surface area contributed by atoms with Gasteiger partial charge in [-0.05, 0) is 52.9 Å². The van der Waals surface area contributed by atoms with Crippen LogP contribution in [0.5, 0.6) is 0 Å². The van der Waals surface area contributed by atoms with Crippen molar-refractivity contribution in [3.8, 4) is 0 Å². The lowest BCUT2D eigenvalue weighted by Crippen LogP contribution is -2.56. The average molecular weight is 355 g/mol. The normalized spacial score (nSPS) is 25.3. The van der Waals surface area contributed by atoms with Gasteiger partial charge in [0.25, 0.3) is 5.91 Å². The van der Waals surface area contributed by atoms with Crippen molar-refractivity contribution in [3.05, 3.63) is 28.2 Å². The Morgan fingerprint density at radius 1 is 1.48 bits per heavy atom. The molecule has 1 fully saturated rings. The molecule has 0 aromatic heterocycles. The highest BCUT2D eigenvalue weighted by Gasteiger charge is 2.43. The Kier molecular flexibility index (Phi) is 4.56. The molecule has 1 aromatic rings. The van der Waals surface area contributed by atoms with E-state index in [0.717, 1.165) is 12.8 Å². The van der Waals surface area contributed by atoms with Crippen molar-refractivity contribution in [3.63, 3.8) is 0 Å². The number of rotatable bonds is 3. The van der Waals surface area contributed by atoms with E-state index in [1.165, 1.54) is 0 Å². The third-order valence-corrected chi connectivity index (χ3v) is 4.74. The maximum Gasteiger partial charge on any atom is 0.329 e. The minimum atomic E-state index is -1.17. The van der Waals surface area contributed by atoms with Crippen LogP contribution in [0.4, 0.5) is 5.69 Å². The number of benzene rings is 1. The van der Waals surface area contributed by atoms with Gasteiger partial charge in [-0.2, -0.15) is 0 Å². The zero-order chi connectivity index (χ0) is 15.6. The van der Waals surface area contributed by atoms with Crippen LogP contribution in [0.2, 0.25) is 0 Å². The Hall–Kier alpha value is -1.56. The molecule has 0 saturated heterocycles. The van der Waals surface area contributed by atoms with Gasteiger partial charge in [-0.15, -0.1) is 0 Å². The average Bonchev–Trinajstić information content (AvgIpc) is 2.41. The summed E-state index contributed by atoms with van der Waals surface area (Å²) < 4.78 is 0.707. The molecule has 1 amide bonds. The quantitative estimate of drug-likeness (QED) is 0.727. The second-order valence-corrected chi connectivity index (χ2v) is 6.63. The molecule has 5 nitrogen and oxygen atoms in total. The molecule has 0 spiro atoms. The number of aliphatic carboxylic acids is 1. The molecule has 2 rings (SSSR count). The number of carbonyl (C=O) groups excluding carboxylic acids is 1. The van der Waals surface area contributed by atoms with Crippen molar-refractivity contribution in [1.29, 1.82) is 0 Å². The molecule has 0 heterocycles. The van der Waals surface area contributed by atoms with Gasteiger partial charge in [0.15, 0.2) is 0 Å². The number of carbonyl (C=O) groups is 2. The second-order valence-electron chi connectivity index (χ2n) is 5.78. The summed E-state index contributed by atoms with van der Waals surface area (Å²) in [4.78, 5) is 24.0. The Labute approximate surface area is 132 Å². The molecule has 2 unspecified atom stereocenters. The van der Waals surface area contributed by atoms with E-state index >= 15 is 0 Å². The predicted octanol–water partition coefficient (Wildman–Crippen LogP) is 2.79.